The SMILES string of the molecule is COc1ccc(C)cc1NC(=O)c1csc(NC(=O)Nc2ccccc2)n1. The lowest BCUT2D eigenvalue weighted by molar-refractivity contribution is 0.102. The molecule has 8 heteroatoms. The molecule has 27 heavy (non-hydrogen) atoms. The molecule has 0 aliphatic heterocycles. The lowest BCUT2D eigenvalue weighted by atomic mass is 10.2. The minimum atomic E-state index is -0.428. The van der Waals surface area contributed by atoms with Crippen LogP contribution in [0.3, 0.4) is 0 Å². The van der Waals surface area contributed by atoms with E-state index in [1.54, 1.807) is 23.6 Å². The Hall–Kier alpha value is -3.39. The van der Waals surface area contributed by atoms with E-state index < -0.39 is 6.03 Å². The Bertz CT molecular complexity index is 957. The molecule has 3 rings (SSSR count). The van der Waals surface area contributed by atoms with Gasteiger partial charge < -0.3 is 15.4 Å². The highest BCUT2D eigenvalue weighted by molar-refractivity contribution is 7.14. The topological polar surface area (TPSA) is 92.4 Å². The van der Waals surface area contributed by atoms with Gasteiger partial charge >= 0.3 is 6.03 Å². The molecule has 0 radical (unpaired) electrons. The minimum Gasteiger partial charge on any atom is -0.495 e. The average molecular weight is 382 g/mol. The van der Waals surface area contributed by atoms with E-state index >= 15 is 0 Å². The van der Waals surface area contributed by atoms with Gasteiger partial charge in [-0.05, 0) is 36.8 Å². The van der Waals surface area contributed by atoms with E-state index in [1.807, 2.05) is 37.3 Å². The number of nitrogens with one attached hydrogen (secondary N) is 3. The summed E-state index contributed by atoms with van der Waals surface area (Å²) in [5.74, 6) is 0.177. The van der Waals surface area contributed by atoms with Crippen molar-refractivity contribution in [1.29, 1.82) is 0 Å². The highest BCUT2D eigenvalue weighted by Gasteiger charge is 2.15. The molecule has 0 spiro atoms. The maximum absolute atomic E-state index is 12.4. The van der Waals surface area contributed by atoms with Crippen molar-refractivity contribution < 1.29 is 14.3 Å². The van der Waals surface area contributed by atoms with Crippen LogP contribution in [0.4, 0.5) is 21.3 Å². The second kappa shape index (κ2) is 8.33. The summed E-state index contributed by atoms with van der Waals surface area (Å²) in [7, 11) is 1.54. The fourth-order valence-electron chi connectivity index (χ4n) is 2.32. The summed E-state index contributed by atoms with van der Waals surface area (Å²) >= 11 is 1.17. The molecule has 0 atom stereocenters. The summed E-state index contributed by atoms with van der Waals surface area (Å²) in [6.45, 7) is 1.92. The number of para-hydroxylation sites is 1. The van der Waals surface area contributed by atoms with Gasteiger partial charge in [0.1, 0.15) is 11.4 Å². The van der Waals surface area contributed by atoms with Crippen LogP contribution in [0.25, 0.3) is 0 Å². The van der Waals surface area contributed by atoms with E-state index in [0.29, 0.717) is 22.3 Å². The number of thiazole rings is 1. The quantitative estimate of drug-likeness (QED) is 0.611. The van der Waals surface area contributed by atoms with Gasteiger partial charge in [-0.15, -0.1) is 11.3 Å². The molecule has 1 aromatic heterocycles. The molecule has 7 nitrogen and oxygen atoms in total. The van der Waals surface area contributed by atoms with Crippen LogP contribution in [0.15, 0.2) is 53.9 Å². The van der Waals surface area contributed by atoms with E-state index in [0.717, 1.165) is 5.56 Å². The average Bonchev–Trinajstić information content (AvgIpc) is 3.11. The van der Waals surface area contributed by atoms with Crippen molar-refractivity contribution in [1.82, 2.24) is 4.98 Å². The van der Waals surface area contributed by atoms with Crippen molar-refractivity contribution >= 4 is 39.8 Å². The summed E-state index contributed by atoms with van der Waals surface area (Å²) in [6.07, 6.45) is 0. The first-order chi connectivity index (χ1) is 13.0. The fraction of sp³-hybridized carbons (Fsp3) is 0.105. The van der Waals surface area contributed by atoms with Crippen LogP contribution < -0.4 is 20.7 Å². The molecule has 0 aliphatic rings. The number of urea groups is 1. The van der Waals surface area contributed by atoms with Crippen LogP contribution in [0.5, 0.6) is 5.75 Å². The number of anilines is 3. The Morgan fingerprint density at radius 1 is 1.04 bits per heavy atom. The molecule has 3 aromatic rings. The van der Waals surface area contributed by atoms with Gasteiger partial charge in [0.15, 0.2) is 5.13 Å². The Morgan fingerprint density at radius 3 is 2.56 bits per heavy atom. The van der Waals surface area contributed by atoms with E-state index in [9.17, 15) is 9.59 Å². The summed E-state index contributed by atoms with van der Waals surface area (Å²) in [5, 5.41) is 9.98. The number of aromatic nitrogens is 1. The third-order valence-corrected chi connectivity index (χ3v) is 4.35. The Balaban J connectivity index is 1.64. The number of amides is 3. The normalized spacial score (nSPS) is 10.1. The molecule has 0 unspecified atom stereocenters. The van der Waals surface area contributed by atoms with Gasteiger partial charge in [-0.1, -0.05) is 24.3 Å². The van der Waals surface area contributed by atoms with Crippen molar-refractivity contribution in [2.45, 2.75) is 6.92 Å². The molecule has 1 heterocycles. The Kier molecular flexibility index (Phi) is 5.68. The predicted molar refractivity (Wildman–Crippen MR) is 107 cm³/mol. The van der Waals surface area contributed by atoms with Gasteiger partial charge in [-0.25, -0.2) is 9.78 Å². The first kappa shape index (κ1) is 18.4. The third kappa shape index (κ3) is 4.83. The van der Waals surface area contributed by atoms with Crippen LogP contribution in [-0.4, -0.2) is 24.0 Å². The lowest BCUT2D eigenvalue weighted by Gasteiger charge is -2.10. The molecule has 0 bridgehead atoms. The Morgan fingerprint density at radius 2 is 1.81 bits per heavy atom. The fourth-order valence-corrected chi connectivity index (χ4v) is 3.01. The van der Waals surface area contributed by atoms with Gasteiger partial charge in [0, 0.05) is 11.1 Å². The number of rotatable bonds is 5. The van der Waals surface area contributed by atoms with Crippen molar-refractivity contribution in [2.75, 3.05) is 23.1 Å². The predicted octanol–water partition coefficient (Wildman–Crippen LogP) is 4.36. The number of methoxy groups -OCH3 is 1. The van der Waals surface area contributed by atoms with E-state index in [1.165, 1.54) is 18.4 Å². The van der Waals surface area contributed by atoms with Gasteiger partial charge in [0.2, 0.25) is 0 Å². The van der Waals surface area contributed by atoms with Crippen LogP contribution in [-0.2, 0) is 0 Å². The number of carbonyl (C=O) groups excluding carboxylic acids is 2. The van der Waals surface area contributed by atoms with Gasteiger partial charge in [0.25, 0.3) is 5.91 Å². The number of ether oxygens (including phenoxy) is 1. The second-order valence-corrected chi connectivity index (χ2v) is 6.50. The molecule has 0 aliphatic carbocycles. The van der Waals surface area contributed by atoms with Crippen molar-refractivity contribution in [3.8, 4) is 5.75 Å². The number of carbonyl (C=O) groups is 2. The minimum absolute atomic E-state index is 0.207. The van der Waals surface area contributed by atoms with Crippen molar-refractivity contribution in [2.24, 2.45) is 0 Å². The molecule has 3 N–H and O–H groups in total. The van der Waals surface area contributed by atoms with Gasteiger partial charge in [0.05, 0.1) is 12.8 Å². The maximum Gasteiger partial charge on any atom is 0.325 e. The Labute approximate surface area is 160 Å². The third-order valence-electron chi connectivity index (χ3n) is 3.59. The second-order valence-electron chi connectivity index (χ2n) is 5.64. The van der Waals surface area contributed by atoms with E-state index in [-0.39, 0.29) is 11.6 Å². The van der Waals surface area contributed by atoms with Gasteiger partial charge in [-0.2, -0.15) is 0 Å². The molecule has 0 fully saturated rings. The van der Waals surface area contributed by atoms with Crippen LogP contribution >= 0.6 is 11.3 Å². The highest BCUT2D eigenvalue weighted by Crippen LogP contribution is 2.26. The summed E-state index contributed by atoms with van der Waals surface area (Å²) in [4.78, 5) is 28.6. The number of hydrogen-bond donors (Lipinski definition) is 3. The molecular weight excluding hydrogens is 364 g/mol. The van der Waals surface area contributed by atoms with Crippen LogP contribution in [0.2, 0.25) is 0 Å². The van der Waals surface area contributed by atoms with Crippen molar-refractivity contribution in [3.63, 3.8) is 0 Å². The zero-order valence-corrected chi connectivity index (χ0v) is 15.6. The molecule has 3 amide bonds. The largest absolute Gasteiger partial charge is 0.495 e. The van der Waals surface area contributed by atoms with Crippen molar-refractivity contribution in [3.05, 3.63) is 65.2 Å². The zero-order valence-electron chi connectivity index (χ0n) is 14.8. The first-order valence-corrected chi connectivity index (χ1v) is 8.97. The first-order valence-electron chi connectivity index (χ1n) is 8.10. The summed E-state index contributed by atoms with van der Waals surface area (Å²) in [6, 6.07) is 14.1. The molecule has 0 saturated carbocycles. The molecule has 138 valence electrons. The van der Waals surface area contributed by atoms with E-state index in [4.69, 9.17) is 4.74 Å². The van der Waals surface area contributed by atoms with Gasteiger partial charge in [-0.3, -0.25) is 10.1 Å². The van der Waals surface area contributed by atoms with Crippen LogP contribution in [0, 0.1) is 6.92 Å². The lowest BCUT2D eigenvalue weighted by Crippen LogP contribution is -2.19. The monoisotopic (exact) mass is 382 g/mol. The number of hydrogen-bond acceptors (Lipinski definition) is 5. The zero-order chi connectivity index (χ0) is 19.2. The summed E-state index contributed by atoms with van der Waals surface area (Å²) in [5.41, 5.74) is 2.42. The standard InChI is InChI=1S/C19H18N4O3S/c1-12-8-9-16(26-2)14(10-12)21-17(24)15-11-27-19(22-15)23-18(25)20-13-6-4-3-5-7-13/h3-11H,1-2H3,(H,21,24)(H2,20,22,23,25). The van der Waals surface area contributed by atoms with Crippen LogP contribution in [0.1, 0.15) is 16.1 Å². The number of aryl methyl sites for hydroxylation is 1. The maximum atomic E-state index is 12.4. The van der Waals surface area contributed by atoms with E-state index in [2.05, 4.69) is 20.9 Å². The molecule has 0 saturated heterocycles. The molecule has 2 aromatic carbocycles. The number of nitrogens with zero attached hydrogens (tertiary/aromatic N) is 1. The molecular formula is C19H18N4O3S. The smallest absolute Gasteiger partial charge is 0.325 e. The number of benzene rings is 2. The highest BCUT2D eigenvalue weighted by atomic mass is 32.1. The summed E-state index contributed by atoms with van der Waals surface area (Å²) < 4.78 is 5.25.